The molecule has 1 atom stereocenters. The van der Waals surface area contributed by atoms with Crippen molar-refractivity contribution in [1.82, 2.24) is 15.5 Å². The number of nitrogens with one attached hydrogen (secondary N) is 3. The smallest absolute Gasteiger partial charge is 0.433 e. The summed E-state index contributed by atoms with van der Waals surface area (Å²) in [6, 6.07) is 12.0. The second-order valence-corrected chi connectivity index (χ2v) is 9.77. The topological polar surface area (TPSA) is 116 Å². The SMILES string of the molecule is O=S(=O)(Nc1cc([C@@H](O)CNCCOc2ccc3c(C(F)(F)F)[nH]nc3c2)ccc1F)c1ccccc1F. The number of fused-ring (bicyclic) bond motifs is 1. The number of ether oxygens (including phenoxy) is 1. The minimum absolute atomic E-state index is 0.0121. The van der Waals surface area contributed by atoms with Gasteiger partial charge in [-0.1, -0.05) is 18.2 Å². The van der Waals surface area contributed by atoms with E-state index in [0.29, 0.717) is 5.75 Å². The predicted molar refractivity (Wildman–Crippen MR) is 128 cm³/mol. The Kier molecular flexibility index (Phi) is 7.85. The normalized spacial score (nSPS) is 13.0. The molecule has 202 valence electrons. The zero-order valence-electron chi connectivity index (χ0n) is 19.4. The van der Waals surface area contributed by atoms with Crippen molar-refractivity contribution in [3.63, 3.8) is 0 Å². The van der Waals surface area contributed by atoms with Gasteiger partial charge in [-0.2, -0.15) is 18.3 Å². The third-order valence-corrected chi connectivity index (χ3v) is 6.84. The quantitative estimate of drug-likeness (QED) is 0.170. The number of aliphatic hydroxyl groups excluding tert-OH is 1. The van der Waals surface area contributed by atoms with Crippen molar-refractivity contribution >= 4 is 26.6 Å². The van der Waals surface area contributed by atoms with E-state index in [2.05, 4.69) is 10.4 Å². The van der Waals surface area contributed by atoms with E-state index in [9.17, 15) is 35.5 Å². The monoisotopic (exact) mass is 556 g/mol. The summed E-state index contributed by atoms with van der Waals surface area (Å²) in [5.74, 6) is -1.62. The van der Waals surface area contributed by atoms with Crippen LogP contribution in [0.1, 0.15) is 17.4 Å². The van der Waals surface area contributed by atoms with E-state index in [0.717, 1.165) is 24.3 Å². The fourth-order valence-corrected chi connectivity index (χ4v) is 4.72. The fraction of sp³-hybridized carbons (Fsp3) is 0.208. The van der Waals surface area contributed by atoms with Crippen LogP contribution >= 0.6 is 0 Å². The lowest BCUT2D eigenvalue weighted by atomic mass is 10.1. The van der Waals surface area contributed by atoms with Gasteiger partial charge in [0.1, 0.15) is 34.6 Å². The molecule has 8 nitrogen and oxygen atoms in total. The maximum atomic E-state index is 14.3. The van der Waals surface area contributed by atoms with Gasteiger partial charge < -0.3 is 15.2 Å². The molecule has 0 spiro atoms. The minimum Gasteiger partial charge on any atom is -0.492 e. The van der Waals surface area contributed by atoms with Crippen molar-refractivity contribution < 1.29 is 40.2 Å². The number of hydrogen-bond donors (Lipinski definition) is 4. The van der Waals surface area contributed by atoms with E-state index in [-0.39, 0.29) is 36.2 Å². The highest BCUT2D eigenvalue weighted by atomic mass is 32.2. The Bertz CT molecular complexity index is 1540. The van der Waals surface area contributed by atoms with Gasteiger partial charge in [0, 0.05) is 24.5 Å². The van der Waals surface area contributed by atoms with E-state index in [4.69, 9.17) is 4.74 Å². The molecule has 14 heteroatoms. The lowest BCUT2D eigenvalue weighted by Gasteiger charge is -2.15. The molecule has 4 rings (SSSR count). The highest BCUT2D eigenvalue weighted by molar-refractivity contribution is 7.92. The molecule has 0 fully saturated rings. The fourth-order valence-electron chi connectivity index (χ4n) is 3.59. The van der Waals surface area contributed by atoms with E-state index in [1.165, 1.54) is 36.4 Å². The molecule has 0 unspecified atom stereocenters. The average Bonchev–Trinajstić information content (AvgIpc) is 3.29. The molecule has 0 radical (unpaired) electrons. The highest BCUT2D eigenvalue weighted by Gasteiger charge is 2.35. The van der Waals surface area contributed by atoms with Crippen molar-refractivity contribution in [1.29, 1.82) is 0 Å². The molecule has 0 amide bonds. The third kappa shape index (κ3) is 6.20. The van der Waals surface area contributed by atoms with Crippen LogP contribution in [0.4, 0.5) is 27.6 Å². The summed E-state index contributed by atoms with van der Waals surface area (Å²) in [6.45, 7) is 0.325. The van der Waals surface area contributed by atoms with Gasteiger partial charge in [0.25, 0.3) is 10.0 Å². The number of rotatable bonds is 10. The summed E-state index contributed by atoms with van der Waals surface area (Å²) >= 11 is 0. The number of H-pyrrole nitrogens is 1. The van der Waals surface area contributed by atoms with Gasteiger partial charge in [-0.15, -0.1) is 0 Å². The molecule has 0 aliphatic heterocycles. The summed E-state index contributed by atoms with van der Waals surface area (Å²) in [7, 11) is -4.42. The number of anilines is 1. The zero-order valence-corrected chi connectivity index (χ0v) is 20.2. The molecule has 3 aromatic carbocycles. The van der Waals surface area contributed by atoms with Crippen LogP contribution in [0.25, 0.3) is 10.9 Å². The first-order chi connectivity index (χ1) is 18.0. The Morgan fingerprint density at radius 1 is 1.03 bits per heavy atom. The van der Waals surface area contributed by atoms with Gasteiger partial charge in [0.2, 0.25) is 0 Å². The second kappa shape index (κ2) is 10.9. The number of benzene rings is 3. The second-order valence-electron chi connectivity index (χ2n) is 8.12. The zero-order chi connectivity index (χ0) is 27.5. The Morgan fingerprint density at radius 3 is 2.53 bits per heavy atom. The Morgan fingerprint density at radius 2 is 1.79 bits per heavy atom. The maximum Gasteiger partial charge on any atom is 0.433 e. The van der Waals surface area contributed by atoms with Crippen LogP contribution in [0.2, 0.25) is 0 Å². The van der Waals surface area contributed by atoms with Gasteiger partial charge >= 0.3 is 6.18 Å². The molecular formula is C24H21F5N4O4S. The molecule has 0 saturated heterocycles. The lowest BCUT2D eigenvalue weighted by Crippen LogP contribution is -2.26. The lowest BCUT2D eigenvalue weighted by molar-refractivity contribution is -0.139. The van der Waals surface area contributed by atoms with Gasteiger partial charge in [0.15, 0.2) is 0 Å². The number of hydrogen-bond acceptors (Lipinski definition) is 6. The molecule has 4 aromatic rings. The summed E-state index contributed by atoms with van der Waals surface area (Å²) in [6.07, 6.45) is -5.72. The van der Waals surface area contributed by atoms with Crippen molar-refractivity contribution in [3.8, 4) is 5.75 Å². The largest absolute Gasteiger partial charge is 0.492 e. The average molecular weight is 557 g/mol. The predicted octanol–water partition coefficient (Wildman–Crippen LogP) is 4.36. The number of sulfonamides is 1. The molecule has 1 aromatic heterocycles. The van der Waals surface area contributed by atoms with E-state index >= 15 is 0 Å². The van der Waals surface area contributed by atoms with Crippen LogP contribution in [0.3, 0.4) is 0 Å². The maximum absolute atomic E-state index is 14.3. The number of aromatic nitrogens is 2. The first-order valence-electron chi connectivity index (χ1n) is 11.1. The molecular weight excluding hydrogens is 535 g/mol. The molecule has 1 heterocycles. The number of nitrogens with zero attached hydrogens (tertiary/aromatic N) is 1. The van der Waals surface area contributed by atoms with Crippen LogP contribution in [0, 0.1) is 11.6 Å². The summed E-state index contributed by atoms with van der Waals surface area (Å²) in [4.78, 5) is -0.653. The summed E-state index contributed by atoms with van der Waals surface area (Å²) in [5.41, 5.74) is -1.12. The minimum atomic E-state index is -4.56. The Balaban J connectivity index is 1.31. The highest BCUT2D eigenvalue weighted by Crippen LogP contribution is 2.34. The molecule has 0 aliphatic carbocycles. The van der Waals surface area contributed by atoms with Crippen LogP contribution in [0.15, 0.2) is 65.6 Å². The summed E-state index contributed by atoms with van der Waals surface area (Å²) < 4.78 is 99.4. The molecule has 0 bridgehead atoms. The van der Waals surface area contributed by atoms with Crippen molar-refractivity contribution in [2.75, 3.05) is 24.4 Å². The van der Waals surface area contributed by atoms with Crippen molar-refractivity contribution in [2.45, 2.75) is 17.2 Å². The van der Waals surface area contributed by atoms with E-state index in [1.54, 1.807) is 0 Å². The van der Waals surface area contributed by atoms with Crippen LogP contribution < -0.4 is 14.8 Å². The van der Waals surface area contributed by atoms with Crippen LogP contribution in [-0.4, -0.2) is 43.4 Å². The standard InChI is InChI=1S/C24H21F5N4O4S/c25-17-8-5-14(11-20(17)33-38(35,36)22-4-2-1-3-18(22)26)21(34)13-30-9-10-37-15-6-7-16-19(12-15)31-32-23(16)24(27,28)29/h1-8,11-12,21,30,33-34H,9-10,13H2,(H,31,32)/t21-/m0/s1. The first kappa shape index (κ1) is 27.3. The molecule has 0 aliphatic rings. The Hall–Kier alpha value is -3.75. The molecule has 4 N–H and O–H groups in total. The van der Waals surface area contributed by atoms with E-state index in [1.807, 2.05) is 9.82 Å². The number of aromatic amines is 1. The summed E-state index contributed by atoms with van der Waals surface area (Å²) in [5, 5.41) is 18.9. The number of alkyl halides is 3. The third-order valence-electron chi connectivity index (χ3n) is 5.44. The number of halogens is 5. The van der Waals surface area contributed by atoms with Crippen molar-refractivity contribution in [3.05, 3.63) is 83.6 Å². The molecule has 0 saturated carbocycles. The van der Waals surface area contributed by atoms with Gasteiger partial charge in [-0.3, -0.25) is 9.82 Å². The molecule has 38 heavy (non-hydrogen) atoms. The van der Waals surface area contributed by atoms with Crippen LogP contribution in [-0.2, 0) is 16.2 Å². The number of aliphatic hydroxyl groups is 1. The van der Waals surface area contributed by atoms with Gasteiger partial charge in [-0.05, 0) is 42.0 Å². The van der Waals surface area contributed by atoms with Crippen LogP contribution in [0.5, 0.6) is 5.75 Å². The van der Waals surface area contributed by atoms with Crippen molar-refractivity contribution in [2.24, 2.45) is 0 Å². The first-order valence-corrected chi connectivity index (χ1v) is 12.6. The van der Waals surface area contributed by atoms with E-state index < -0.39 is 50.2 Å². The van der Waals surface area contributed by atoms with Gasteiger partial charge in [-0.25, -0.2) is 17.2 Å². The van der Waals surface area contributed by atoms with Gasteiger partial charge in [0.05, 0.1) is 17.3 Å². The Labute approximate surface area is 213 Å².